The zero-order valence-electron chi connectivity index (χ0n) is 11.5. The number of hydrogen-bond acceptors (Lipinski definition) is 3. The molecule has 2 aromatic rings. The van der Waals surface area contributed by atoms with E-state index in [-0.39, 0.29) is 0 Å². The third kappa shape index (κ3) is 2.79. The molecule has 1 aromatic carbocycles. The molecule has 1 N–H and O–H groups in total. The number of aryl methyl sites for hydroxylation is 3. The maximum Gasteiger partial charge on any atom is 0.124 e. The van der Waals surface area contributed by atoms with Gasteiger partial charge >= 0.3 is 0 Å². The van der Waals surface area contributed by atoms with Crippen molar-refractivity contribution in [3.05, 3.63) is 39.9 Å². The molecular weight excluding hydrogens is 240 g/mol. The lowest BCUT2D eigenvalue weighted by Crippen LogP contribution is -2.10. The fourth-order valence-electron chi connectivity index (χ4n) is 2.27. The fraction of sp³-hybridized carbons (Fsp3) is 0.400. The molecule has 0 radical (unpaired) electrons. The Bertz CT molecular complexity index is 520. The minimum Gasteiger partial charge on any atom is -0.312 e. The Kier molecular flexibility index (Phi) is 4.15. The van der Waals surface area contributed by atoms with E-state index in [0.717, 1.165) is 18.1 Å². The van der Waals surface area contributed by atoms with Crippen molar-refractivity contribution in [3.63, 3.8) is 0 Å². The van der Waals surface area contributed by atoms with Gasteiger partial charge in [0.25, 0.3) is 0 Å². The normalized spacial score (nSPS) is 10.9. The van der Waals surface area contributed by atoms with E-state index in [1.165, 1.54) is 27.1 Å². The Balaban J connectivity index is 2.34. The van der Waals surface area contributed by atoms with E-state index in [2.05, 4.69) is 50.1 Å². The van der Waals surface area contributed by atoms with Crippen LogP contribution in [0.25, 0.3) is 10.6 Å². The molecule has 0 spiro atoms. The number of nitrogens with zero attached hydrogens (tertiary/aromatic N) is 1. The van der Waals surface area contributed by atoms with Crippen LogP contribution in [-0.2, 0) is 6.54 Å². The van der Waals surface area contributed by atoms with E-state index in [1.54, 1.807) is 11.3 Å². The third-order valence-electron chi connectivity index (χ3n) is 2.99. The summed E-state index contributed by atoms with van der Waals surface area (Å²) in [6.07, 6.45) is 1.99. The summed E-state index contributed by atoms with van der Waals surface area (Å²) in [4.78, 5) is 5.87. The third-order valence-corrected chi connectivity index (χ3v) is 4.01. The van der Waals surface area contributed by atoms with Gasteiger partial charge in [-0.3, -0.25) is 0 Å². The van der Waals surface area contributed by atoms with Gasteiger partial charge in [-0.25, -0.2) is 4.98 Å². The molecule has 18 heavy (non-hydrogen) atoms. The maximum atomic E-state index is 4.57. The first-order chi connectivity index (χ1) is 8.61. The van der Waals surface area contributed by atoms with Gasteiger partial charge in [-0.15, -0.1) is 11.3 Å². The van der Waals surface area contributed by atoms with Gasteiger partial charge in [-0.1, -0.05) is 24.6 Å². The summed E-state index contributed by atoms with van der Waals surface area (Å²) >= 11 is 1.79. The molecule has 0 fully saturated rings. The summed E-state index contributed by atoms with van der Waals surface area (Å²) in [7, 11) is 0. The Morgan fingerprint density at radius 2 is 1.83 bits per heavy atom. The topological polar surface area (TPSA) is 24.9 Å². The number of benzene rings is 1. The molecule has 3 heteroatoms. The van der Waals surface area contributed by atoms with Crippen molar-refractivity contribution in [1.29, 1.82) is 0 Å². The van der Waals surface area contributed by atoms with Crippen molar-refractivity contribution >= 4 is 11.3 Å². The van der Waals surface area contributed by atoms with Crippen LogP contribution in [-0.4, -0.2) is 11.5 Å². The molecule has 2 nitrogen and oxygen atoms in total. The van der Waals surface area contributed by atoms with Crippen molar-refractivity contribution in [3.8, 4) is 10.6 Å². The van der Waals surface area contributed by atoms with Crippen molar-refractivity contribution < 1.29 is 0 Å². The van der Waals surface area contributed by atoms with Gasteiger partial charge in [-0.05, 0) is 38.4 Å². The minimum absolute atomic E-state index is 0.915. The Labute approximate surface area is 113 Å². The molecule has 0 amide bonds. The maximum absolute atomic E-state index is 4.57. The first kappa shape index (κ1) is 13.2. The predicted molar refractivity (Wildman–Crippen MR) is 79.1 cm³/mol. The molecule has 0 saturated carbocycles. The SMILES string of the molecule is CCNCc1cnc(-c2c(C)cc(C)cc2C)s1. The molecule has 0 aliphatic carbocycles. The van der Waals surface area contributed by atoms with Crippen molar-refractivity contribution in [2.24, 2.45) is 0 Å². The van der Waals surface area contributed by atoms with E-state index in [1.807, 2.05) is 6.20 Å². The molecule has 0 bridgehead atoms. The summed E-state index contributed by atoms with van der Waals surface area (Å²) in [5.41, 5.74) is 5.25. The summed E-state index contributed by atoms with van der Waals surface area (Å²) < 4.78 is 0. The van der Waals surface area contributed by atoms with Gasteiger partial charge in [0.05, 0.1) is 0 Å². The lowest BCUT2D eigenvalue weighted by molar-refractivity contribution is 0.734. The minimum atomic E-state index is 0.915. The van der Waals surface area contributed by atoms with Crippen LogP contribution in [0, 0.1) is 20.8 Å². The van der Waals surface area contributed by atoms with Crippen LogP contribution in [0.4, 0.5) is 0 Å². The molecule has 0 aliphatic heterocycles. The standard InChI is InChI=1S/C15H20N2S/c1-5-16-8-13-9-17-15(18-13)14-11(3)6-10(2)7-12(14)4/h6-7,9,16H,5,8H2,1-4H3. The smallest absolute Gasteiger partial charge is 0.124 e. The fourth-order valence-corrected chi connectivity index (χ4v) is 3.33. The second-order valence-electron chi connectivity index (χ2n) is 4.69. The highest BCUT2D eigenvalue weighted by atomic mass is 32.1. The summed E-state index contributed by atoms with van der Waals surface area (Å²) in [5.74, 6) is 0. The van der Waals surface area contributed by atoms with Gasteiger partial charge in [0.2, 0.25) is 0 Å². The summed E-state index contributed by atoms with van der Waals surface area (Å²) in [6, 6.07) is 4.46. The van der Waals surface area contributed by atoms with Crippen LogP contribution in [0.2, 0.25) is 0 Å². The molecule has 1 aromatic heterocycles. The summed E-state index contributed by atoms with van der Waals surface area (Å²) in [5, 5.41) is 4.48. The van der Waals surface area contributed by atoms with Crippen LogP contribution in [0.1, 0.15) is 28.5 Å². The number of aromatic nitrogens is 1. The van der Waals surface area contributed by atoms with Gasteiger partial charge in [0, 0.05) is 23.2 Å². The van der Waals surface area contributed by atoms with Crippen LogP contribution < -0.4 is 5.32 Å². The van der Waals surface area contributed by atoms with Crippen LogP contribution in [0.3, 0.4) is 0 Å². The van der Waals surface area contributed by atoms with Gasteiger partial charge < -0.3 is 5.32 Å². The lowest BCUT2D eigenvalue weighted by Gasteiger charge is -2.08. The highest BCUT2D eigenvalue weighted by molar-refractivity contribution is 7.15. The molecule has 0 aliphatic rings. The number of nitrogens with one attached hydrogen (secondary N) is 1. The Hall–Kier alpha value is -1.19. The van der Waals surface area contributed by atoms with E-state index in [9.17, 15) is 0 Å². The lowest BCUT2D eigenvalue weighted by atomic mass is 10.0. The molecule has 0 unspecified atom stereocenters. The van der Waals surface area contributed by atoms with Crippen LogP contribution in [0.5, 0.6) is 0 Å². The monoisotopic (exact) mass is 260 g/mol. The largest absolute Gasteiger partial charge is 0.312 e. The molecule has 0 atom stereocenters. The van der Waals surface area contributed by atoms with E-state index < -0.39 is 0 Å². The Morgan fingerprint density at radius 3 is 2.44 bits per heavy atom. The zero-order chi connectivity index (χ0) is 13.1. The molecule has 0 saturated heterocycles. The molecular formula is C15H20N2S. The highest BCUT2D eigenvalue weighted by Gasteiger charge is 2.10. The van der Waals surface area contributed by atoms with Gasteiger partial charge in [-0.2, -0.15) is 0 Å². The van der Waals surface area contributed by atoms with Crippen LogP contribution >= 0.6 is 11.3 Å². The quantitative estimate of drug-likeness (QED) is 0.903. The van der Waals surface area contributed by atoms with E-state index in [0.29, 0.717) is 0 Å². The molecule has 1 heterocycles. The molecule has 2 rings (SSSR count). The van der Waals surface area contributed by atoms with Gasteiger partial charge in [0.1, 0.15) is 5.01 Å². The second kappa shape index (κ2) is 5.63. The average Bonchev–Trinajstić information content (AvgIpc) is 2.73. The van der Waals surface area contributed by atoms with Crippen molar-refractivity contribution in [2.75, 3.05) is 6.54 Å². The van der Waals surface area contributed by atoms with Gasteiger partial charge in [0.15, 0.2) is 0 Å². The molecule has 96 valence electrons. The number of rotatable bonds is 4. The average molecular weight is 260 g/mol. The zero-order valence-corrected chi connectivity index (χ0v) is 12.3. The van der Waals surface area contributed by atoms with Crippen molar-refractivity contribution in [1.82, 2.24) is 10.3 Å². The highest BCUT2D eigenvalue weighted by Crippen LogP contribution is 2.31. The number of hydrogen-bond donors (Lipinski definition) is 1. The van der Waals surface area contributed by atoms with Crippen LogP contribution in [0.15, 0.2) is 18.3 Å². The number of thiazole rings is 1. The van der Waals surface area contributed by atoms with E-state index in [4.69, 9.17) is 0 Å². The Morgan fingerprint density at radius 1 is 1.17 bits per heavy atom. The summed E-state index contributed by atoms with van der Waals surface area (Å²) in [6.45, 7) is 10.5. The first-order valence-corrected chi connectivity index (χ1v) is 7.17. The van der Waals surface area contributed by atoms with E-state index >= 15 is 0 Å². The second-order valence-corrected chi connectivity index (χ2v) is 5.80. The predicted octanol–water partition coefficient (Wildman–Crippen LogP) is 3.84. The first-order valence-electron chi connectivity index (χ1n) is 6.35. The van der Waals surface area contributed by atoms with Crippen molar-refractivity contribution in [2.45, 2.75) is 34.2 Å².